The van der Waals surface area contributed by atoms with E-state index < -0.39 is 29.3 Å². The Hall–Kier alpha value is -2.48. The van der Waals surface area contributed by atoms with Gasteiger partial charge < -0.3 is 16.2 Å². The van der Waals surface area contributed by atoms with E-state index in [2.05, 4.69) is 5.32 Å². The van der Waals surface area contributed by atoms with E-state index in [0.29, 0.717) is 0 Å². The normalized spacial score (nSPS) is 11.6. The number of nitrogens with zero attached hydrogens (tertiary/aromatic N) is 1. The Morgan fingerprint density at radius 3 is 2.72 bits per heavy atom. The molecule has 0 heterocycles. The first kappa shape index (κ1) is 13.6. The van der Waals surface area contributed by atoms with Crippen LogP contribution in [0.15, 0.2) is 24.3 Å². The molecule has 1 aromatic rings. The van der Waals surface area contributed by atoms with Crippen molar-refractivity contribution < 1.29 is 19.6 Å². The maximum absolute atomic E-state index is 11.4. The molecule has 18 heavy (non-hydrogen) atoms. The summed E-state index contributed by atoms with van der Waals surface area (Å²) < 4.78 is 0. The van der Waals surface area contributed by atoms with Gasteiger partial charge in [-0.05, 0) is 6.07 Å². The third kappa shape index (κ3) is 3.83. The van der Waals surface area contributed by atoms with Gasteiger partial charge in [0.1, 0.15) is 6.04 Å². The molecular formula is C10H11N3O5. The van der Waals surface area contributed by atoms with Crippen molar-refractivity contribution in [1.29, 1.82) is 0 Å². The van der Waals surface area contributed by atoms with E-state index in [1.54, 1.807) is 0 Å². The predicted octanol–water partition coefficient (Wildman–Crippen LogP) is 0.335. The SMILES string of the molecule is NC(CC(=O)Nc1cccc([N+](=O)[O-])c1)C(=O)O. The molecule has 8 heteroatoms. The molecular weight excluding hydrogens is 242 g/mol. The Labute approximate surface area is 102 Å². The monoisotopic (exact) mass is 253 g/mol. The van der Waals surface area contributed by atoms with Gasteiger partial charge in [0.05, 0.1) is 11.3 Å². The number of nitro benzene ring substituents is 1. The van der Waals surface area contributed by atoms with Crippen molar-refractivity contribution in [3.05, 3.63) is 34.4 Å². The van der Waals surface area contributed by atoms with Gasteiger partial charge in [0.2, 0.25) is 5.91 Å². The lowest BCUT2D eigenvalue weighted by molar-refractivity contribution is -0.384. The van der Waals surface area contributed by atoms with E-state index in [1.165, 1.54) is 24.3 Å². The van der Waals surface area contributed by atoms with Gasteiger partial charge in [-0.3, -0.25) is 19.7 Å². The molecule has 0 aliphatic heterocycles. The van der Waals surface area contributed by atoms with Crippen LogP contribution in [0, 0.1) is 10.1 Å². The van der Waals surface area contributed by atoms with Gasteiger partial charge in [-0.2, -0.15) is 0 Å². The average Bonchev–Trinajstić information content (AvgIpc) is 2.28. The first-order valence-corrected chi connectivity index (χ1v) is 4.93. The summed E-state index contributed by atoms with van der Waals surface area (Å²) in [6.45, 7) is 0. The first-order chi connectivity index (χ1) is 8.40. The van der Waals surface area contributed by atoms with E-state index in [4.69, 9.17) is 10.8 Å². The molecule has 4 N–H and O–H groups in total. The van der Waals surface area contributed by atoms with Gasteiger partial charge in [-0.1, -0.05) is 6.07 Å². The van der Waals surface area contributed by atoms with E-state index in [1.807, 2.05) is 0 Å². The highest BCUT2D eigenvalue weighted by Gasteiger charge is 2.16. The van der Waals surface area contributed by atoms with Crippen molar-refractivity contribution in [2.24, 2.45) is 5.73 Å². The minimum Gasteiger partial charge on any atom is -0.480 e. The second-order valence-electron chi connectivity index (χ2n) is 3.50. The minimum absolute atomic E-state index is 0.171. The van der Waals surface area contributed by atoms with Crippen LogP contribution in [0.3, 0.4) is 0 Å². The lowest BCUT2D eigenvalue weighted by Gasteiger charge is -2.07. The number of hydrogen-bond donors (Lipinski definition) is 3. The number of anilines is 1. The molecule has 0 saturated heterocycles. The molecule has 1 amide bonds. The maximum atomic E-state index is 11.4. The van der Waals surface area contributed by atoms with Crippen molar-refractivity contribution in [3.8, 4) is 0 Å². The highest BCUT2D eigenvalue weighted by molar-refractivity contribution is 5.94. The largest absolute Gasteiger partial charge is 0.480 e. The molecule has 0 aliphatic carbocycles. The number of non-ortho nitro benzene ring substituents is 1. The van der Waals surface area contributed by atoms with Crippen LogP contribution in [0.1, 0.15) is 6.42 Å². The fraction of sp³-hybridized carbons (Fsp3) is 0.200. The fourth-order valence-electron chi connectivity index (χ4n) is 1.20. The maximum Gasteiger partial charge on any atom is 0.321 e. The molecule has 0 spiro atoms. The molecule has 0 fully saturated rings. The molecule has 0 aromatic heterocycles. The van der Waals surface area contributed by atoms with Crippen LogP contribution in [-0.2, 0) is 9.59 Å². The van der Waals surface area contributed by atoms with E-state index in [-0.39, 0.29) is 11.4 Å². The summed E-state index contributed by atoms with van der Waals surface area (Å²) in [5.74, 6) is -1.91. The van der Waals surface area contributed by atoms with Crippen LogP contribution in [0.25, 0.3) is 0 Å². The number of carbonyl (C=O) groups excluding carboxylic acids is 1. The second-order valence-corrected chi connectivity index (χ2v) is 3.50. The van der Waals surface area contributed by atoms with Gasteiger partial charge in [0, 0.05) is 17.8 Å². The van der Waals surface area contributed by atoms with Gasteiger partial charge in [0.15, 0.2) is 0 Å². The Morgan fingerprint density at radius 2 is 2.17 bits per heavy atom. The van der Waals surface area contributed by atoms with E-state index in [0.717, 1.165) is 0 Å². The fourth-order valence-corrected chi connectivity index (χ4v) is 1.20. The number of amides is 1. The third-order valence-electron chi connectivity index (χ3n) is 2.06. The zero-order valence-electron chi connectivity index (χ0n) is 9.20. The topological polar surface area (TPSA) is 136 Å². The summed E-state index contributed by atoms with van der Waals surface area (Å²) >= 11 is 0. The van der Waals surface area contributed by atoms with Crippen molar-refractivity contribution in [2.45, 2.75) is 12.5 Å². The van der Waals surface area contributed by atoms with E-state index >= 15 is 0 Å². The Bertz CT molecular complexity index is 488. The van der Waals surface area contributed by atoms with Gasteiger partial charge in [0.25, 0.3) is 5.69 Å². The van der Waals surface area contributed by atoms with Crippen LogP contribution in [0.4, 0.5) is 11.4 Å². The van der Waals surface area contributed by atoms with Crippen LogP contribution in [-0.4, -0.2) is 27.9 Å². The number of nitrogens with two attached hydrogens (primary N) is 1. The molecule has 96 valence electrons. The summed E-state index contributed by atoms with van der Waals surface area (Å²) in [5.41, 5.74) is 5.22. The zero-order chi connectivity index (χ0) is 13.7. The van der Waals surface area contributed by atoms with Crippen LogP contribution >= 0.6 is 0 Å². The molecule has 1 rings (SSSR count). The molecule has 1 atom stereocenters. The highest BCUT2D eigenvalue weighted by atomic mass is 16.6. The van der Waals surface area contributed by atoms with Crippen molar-refractivity contribution >= 4 is 23.3 Å². The Kier molecular flexibility index (Phi) is 4.33. The number of rotatable bonds is 5. The van der Waals surface area contributed by atoms with Crippen LogP contribution < -0.4 is 11.1 Å². The van der Waals surface area contributed by atoms with Crippen molar-refractivity contribution in [3.63, 3.8) is 0 Å². The average molecular weight is 253 g/mol. The molecule has 1 unspecified atom stereocenters. The number of carboxylic acids is 1. The number of carbonyl (C=O) groups is 2. The summed E-state index contributed by atoms with van der Waals surface area (Å²) in [5, 5.41) is 21.4. The lowest BCUT2D eigenvalue weighted by Crippen LogP contribution is -2.34. The standard InChI is InChI=1S/C10H11N3O5/c11-8(10(15)16)5-9(14)12-6-2-1-3-7(4-6)13(17)18/h1-4,8H,5,11H2,(H,12,14)(H,15,16). The Balaban J connectivity index is 2.67. The Morgan fingerprint density at radius 1 is 1.50 bits per heavy atom. The molecule has 0 bridgehead atoms. The first-order valence-electron chi connectivity index (χ1n) is 4.93. The van der Waals surface area contributed by atoms with Gasteiger partial charge >= 0.3 is 5.97 Å². The number of hydrogen-bond acceptors (Lipinski definition) is 5. The molecule has 0 saturated carbocycles. The summed E-state index contributed by atoms with van der Waals surface area (Å²) in [4.78, 5) is 31.7. The summed E-state index contributed by atoms with van der Waals surface area (Å²) in [7, 11) is 0. The number of nitro groups is 1. The van der Waals surface area contributed by atoms with Crippen LogP contribution in [0.2, 0.25) is 0 Å². The van der Waals surface area contributed by atoms with Crippen molar-refractivity contribution in [2.75, 3.05) is 5.32 Å². The van der Waals surface area contributed by atoms with Crippen LogP contribution in [0.5, 0.6) is 0 Å². The number of carboxylic acid groups (broad SMARTS) is 1. The predicted molar refractivity (Wildman–Crippen MR) is 62.0 cm³/mol. The molecule has 0 radical (unpaired) electrons. The number of benzene rings is 1. The van der Waals surface area contributed by atoms with Crippen molar-refractivity contribution in [1.82, 2.24) is 0 Å². The summed E-state index contributed by atoms with van der Waals surface area (Å²) in [6, 6.07) is 4.01. The number of aliphatic carboxylic acids is 1. The molecule has 8 nitrogen and oxygen atoms in total. The summed E-state index contributed by atoms with van der Waals surface area (Å²) in [6.07, 6.45) is -0.405. The quantitative estimate of drug-likeness (QED) is 0.511. The smallest absolute Gasteiger partial charge is 0.321 e. The second kappa shape index (κ2) is 5.73. The zero-order valence-corrected chi connectivity index (χ0v) is 9.20. The third-order valence-corrected chi connectivity index (χ3v) is 2.06. The number of nitrogens with one attached hydrogen (secondary N) is 1. The minimum atomic E-state index is -1.30. The highest BCUT2D eigenvalue weighted by Crippen LogP contribution is 2.17. The van der Waals surface area contributed by atoms with E-state index in [9.17, 15) is 19.7 Å². The van der Waals surface area contributed by atoms with Gasteiger partial charge in [-0.25, -0.2) is 0 Å². The van der Waals surface area contributed by atoms with Gasteiger partial charge in [-0.15, -0.1) is 0 Å². The molecule has 1 aromatic carbocycles. The molecule has 0 aliphatic rings. The lowest BCUT2D eigenvalue weighted by atomic mass is 10.2.